The van der Waals surface area contributed by atoms with E-state index in [9.17, 15) is 13.2 Å². The van der Waals surface area contributed by atoms with E-state index < -0.39 is 11.7 Å². The molecule has 2 rings (SSSR count). The van der Waals surface area contributed by atoms with Crippen molar-refractivity contribution >= 4 is 0 Å². The summed E-state index contributed by atoms with van der Waals surface area (Å²) in [4.78, 5) is 0. The van der Waals surface area contributed by atoms with Crippen LogP contribution >= 0.6 is 0 Å². The second-order valence-electron chi connectivity index (χ2n) is 5.34. The van der Waals surface area contributed by atoms with Gasteiger partial charge in [-0.25, -0.2) is 0 Å². The molecule has 0 aliphatic carbocycles. The molecular weight excluding hydrogens is 251 g/mol. The topological polar surface area (TPSA) is 12.0 Å². The highest BCUT2D eigenvalue weighted by atomic mass is 19.4. The summed E-state index contributed by atoms with van der Waals surface area (Å²) in [6.45, 7) is 5.84. The third-order valence-electron chi connectivity index (χ3n) is 4.13. The van der Waals surface area contributed by atoms with Crippen LogP contribution in [0.1, 0.15) is 42.4 Å². The molecule has 2 unspecified atom stereocenters. The van der Waals surface area contributed by atoms with Gasteiger partial charge in [0.1, 0.15) is 0 Å². The summed E-state index contributed by atoms with van der Waals surface area (Å²) < 4.78 is 38.0. The number of piperidine rings is 1. The Balaban J connectivity index is 2.30. The van der Waals surface area contributed by atoms with Crippen molar-refractivity contribution in [3.8, 4) is 0 Å². The number of alkyl halides is 3. The Kier molecular flexibility index (Phi) is 4.19. The number of benzene rings is 1. The number of nitrogens with one attached hydrogen (secondary N) is 1. The van der Waals surface area contributed by atoms with E-state index in [1.165, 1.54) is 12.1 Å². The first-order chi connectivity index (χ1) is 8.93. The van der Waals surface area contributed by atoms with Crippen LogP contribution in [0.3, 0.4) is 0 Å². The van der Waals surface area contributed by atoms with Crippen LogP contribution in [0.5, 0.6) is 0 Å². The maximum Gasteiger partial charge on any atom is 0.416 e. The van der Waals surface area contributed by atoms with Gasteiger partial charge in [0.05, 0.1) is 5.56 Å². The molecule has 1 aliphatic rings. The van der Waals surface area contributed by atoms with Crippen molar-refractivity contribution < 1.29 is 13.2 Å². The van der Waals surface area contributed by atoms with Gasteiger partial charge in [0, 0.05) is 0 Å². The number of aryl methyl sites for hydroxylation is 1. The number of hydrogen-bond acceptors (Lipinski definition) is 1. The zero-order valence-electron chi connectivity index (χ0n) is 11.3. The van der Waals surface area contributed by atoms with E-state index in [4.69, 9.17) is 0 Å². The normalized spacial score (nSPS) is 24.5. The average Bonchev–Trinajstić information content (AvgIpc) is 2.37. The summed E-state index contributed by atoms with van der Waals surface area (Å²) in [5.74, 6) is 0.901. The third kappa shape index (κ3) is 3.11. The fourth-order valence-corrected chi connectivity index (χ4v) is 3.03. The van der Waals surface area contributed by atoms with Crippen LogP contribution < -0.4 is 5.32 Å². The minimum absolute atomic E-state index is 0.383. The molecule has 0 amide bonds. The Hall–Kier alpha value is -1.03. The van der Waals surface area contributed by atoms with Crippen molar-refractivity contribution in [3.63, 3.8) is 0 Å². The van der Waals surface area contributed by atoms with Crippen LogP contribution in [0.2, 0.25) is 0 Å². The van der Waals surface area contributed by atoms with Gasteiger partial charge in [-0.15, -0.1) is 0 Å². The van der Waals surface area contributed by atoms with Crippen molar-refractivity contribution in [2.24, 2.45) is 5.92 Å². The maximum atomic E-state index is 12.7. The molecule has 2 atom stereocenters. The van der Waals surface area contributed by atoms with E-state index in [2.05, 4.69) is 12.2 Å². The smallest absolute Gasteiger partial charge is 0.316 e. The number of rotatable bonds is 2. The van der Waals surface area contributed by atoms with Gasteiger partial charge >= 0.3 is 6.18 Å². The second kappa shape index (κ2) is 5.53. The lowest BCUT2D eigenvalue weighted by Crippen LogP contribution is -2.35. The molecule has 4 heteroatoms. The molecule has 0 spiro atoms. The summed E-state index contributed by atoms with van der Waals surface area (Å²) in [6, 6.07) is 4.18. The molecule has 106 valence electrons. The zero-order valence-corrected chi connectivity index (χ0v) is 11.3. The van der Waals surface area contributed by atoms with Crippen LogP contribution in [-0.4, -0.2) is 13.1 Å². The van der Waals surface area contributed by atoms with Gasteiger partial charge in [-0.05, 0) is 61.5 Å². The monoisotopic (exact) mass is 271 g/mol. The van der Waals surface area contributed by atoms with E-state index in [1.807, 2.05) is 0 Å². The van der Waals surface area contributed by atoms with E-state index in [0.717, 1.165) is 37.1 Å². The fourth-order valence-electron chi connectivity index (χ4n) is 3.03. The van der Waals surface area contributed by atoms with E-state index in [1.54, 1.807) is 13.0 Å². The van der Waals surface area contributed by atoms with Gasteiger partial charge in [-0.3, -0.25) is 0 Å². The van der Waals surface area contributed by atoms with Crippen molar-refractivity contribution in [2.75, 3.05) is 13.1 Å². The van der Waals surface area contributed by atoms with Crippen molar-refractivity contribution in [1.82, 2.24) is 5.32 Å². The van der Waals surface area contributed by atoms with Crippen LogP contribution in [0.25, 0.3) is 0 Å². The minimum Gasteiger partial charge on any atom is -0.316 e. The first-order valence-electron chi connectivity index (χ1n) is 6.82. The summed E-state index contributed by atoms with van der Waals surface area (Å²) in [7, 11) is 0. The summed E-state index contributed by atoms with van der Waals surface area (Å²) in [6.07, 6.45) is -2.19. The fraction of sp³-hybridized carbons (Fsp3) is 0.600. The summed E-state index contributed by atoms with van der Waals surface area (Å²) in [5, 5.41) is 3.36. The largest absolute Gasteiger partial charge is 0.416 e. The van der Waals surface area contributed by atoms with Gasteiger partial charge in [0.2, 0.25) is 0 Å². The van der Waals surface area contributed by atoms with Crippen LogP contribution in [0, 0.1) is 12.8 Å². The van der Waals surface area contributed by atoms with E-state index in [-0.39, 0.29) is 0 Å². The molecule has 1 heterocycles. The minimum atomic E-state index is -4.25. The Morgan fingerprint density at radius 2 is 2.05 bits per heavy atom. The molecule has 1 aromatic carbocycles. The lowest BCUT2D eigenvalue weighted by atomic mass is 9.78. The highest BCUT2D eigenvalue weighted by Gasteiger charge is 2.32. The highest BCUT2D eigenvalue weighted by Crippen LogP contribution is 2.37. The average molecular weight is 271 g/mol. The van der Waals surface area contributed by atoms with Crippen molar-refractivity contribution in [1.29, 1.82) is 0 Å². The van der Waals surface area contributed by atoms with Gasteiger partial charge in [0.25, 0.3) is 0 Å². The molecule has 1 fully saturated rings. The van der Waals surface area contributed by atoms with Crippen molar-refractivity contribution in [2.45, 2.75) is 38.8 Å². The zero-order chi connectivity index (χ0) is 14.0. The molecule has 19 heavy (non-hydrogen) atoms. The van der Waals surface area contributed by atoms with E-state index in [0.29, 0.717) is 11.8 Å². The standard InChI is InChI=1S/C15H20F3N/c1-3-11-9-19-7-6-14(11)13-5-4-12(8-10(13)2)15(16,17)18/h4-5,8,11,14,19H,3,6-7,9H2,1-2H3. The maximum absolute atomic E-state index is 12.7. The van der Waals surface area contributed by atoms with Gasteiger partial charge in [-0.1, -0.05) is 19.4 Å². The first-order valence-corrected chi connectivity index (χ1v) is 6.82. The molecule has 1 nitrogen and oxygen atoms in total. The molecule has 1 aromatic rings. The Morgan fingerprint density at radius 1 is 1.32 bits per heavy atom. The summed E-state index contributed by atoms with van der Waals surface area (Å²) in [5.41, 5.74) is 1.30. The van der Waals surface area contributed by atoms with Crippen molar-refractivity contribution in [3.05, 3.63) is 34.9 Å². The lowest BCUT2D eigenvalue weighted by Gasteiger charge is -2.33. The number of hydrogen-bond donors (Lipinski definition) is 1. The molecule has 1 N–H and O–H groups in total. The Labute approximate surface area is 112 Å². The molecule has 0 aromatic heterocycles. The SMILES string of the molecule is CCC1CNCCC1c1ccc(C(F)(F)F)cc1C. The van der Waals surface area contributed by atoms with Crippen LogP contribution in [0.4, 0.5) is 13.2 Å². The Bertz CT molecular complexity index is 440. The molecule has 1 aliphatic heterocycles. The highest BCUT2D eigenvalue weighted by molar-refractivity contribution is 5.35. The molecule has 0 bridgehead atoms. The summed E-state index contributed by atoms with van der Waals surface area (Å²) >= 11 is 0. The lowest BCUT2D eigenvalue weighted by molar-refractivity contribution is -0.137. The predicted molar refractivity (Wildman–Crippen MR) is 70.2 cm³/mol. The second-order valence-corrected chi connectivity index (χ2v) is 5.34. The quantitative estimate of drug-likeness (QED) is 0.853. The molecule has 1 saturated heterocycles. The first kappa shape index (κ1) is 14.4. The van der Waals surface area contributed by atoms with Crippen LogP contribution in [0.15, 0.2) is 18.2 Å². The van der Waals surface area contributed by atoms with E-state index >= 15 is 0 Å². The van der Waals surface area contributed by atoms with Gasteiger partial charge < -0.3 is 5.32 Å². The van der Waals surface area contributed by atoms with Gasteiger partial charge in [0.15, 0.2) is 0 Å². The third-order valence-corrected chi connectivity index (χ3v) is 4.13. The van der Waals surface area contributed by atoms with Crippen LogP contribution in [-0.2, 0) is 6.18 Å². The molecule has 0 saturated carbocycles. The molecule has 0 radical (unpaired) electrons. The molecular formula is C15H20F3N. The van der Waals surface area contributed by atoms with Gasteiger partial charge in [-0.2, -0.15) is 13.2 Å². The Morgan fingerprint density at radius 3 is 2.63 bits per heavy atom. The number of halogens is 3. The predicted octanol–water partition coefficient (Wildman–Crippen LogP) is 4.12.